The first-order chi connectivity index (χ1) is 8.63. The van der Waals surface area contributed by atoms with E-state index in [1.54, 1.807) is 12.1 Å². The molecule has 0 aromatic heterocycles. The van der Waals surface area contributed by atoms with Gasteiger partial charge >= 0.3 is 0 Å². The quantitative estimate of drug-likeness (QED) is 0.613. The number of hydrogen-bond donors (Lipinski definition) is 1. The van der Waals surface area contributed by atoms with E-state index in [9.17, 15) is 9.59 Å². The summed E-state index contributed by atoms with van der Waals surface area (Å²) >= 11 is 0. The van der Waals surface area contributed by atoms with Gasteiger partial charge in [-0.25, -0.2) is 0 Å². The highest BCUT2D eigenvalue weighted by atomic mass is 16.5. The molecule has 0 bridgehead atoms. The smallest absolute Gasteiger partial charge is 0.292 e. The molecule has 0 aliphatic heterocycles. The minimum Gasteiger partial charge on any atom is -0.497 e. The Morgan fingerprint density at radius 1 is 1.22 bits per heavy atom. The molecule has 0 fully saturated rings. The number of methoxy groups -OCH3 is 2. The highest BCUT2D eigenvalue weighted by Crippen LogP contribution is 2.24. The maximum atomic E-state index is 12.0. The van der Waals surface area contributed by atoms with Crippen LogP contribution in [-0.4, -0.2) is 32.5 Å². The maximum Gasteiger partial charge on any atom is 0.292 e. The molecule has 1 aromatic carbocycles. The van der Waals surface area contributed by atoms with Gasteiger partial charge in [0.2, 0.25) is 0 Å². The summed E-state index contributed by atoms with van der Waals surface area (Å²) in [7, 11) is 2.94. The van der Waals surface area contributed by atoms with E-state index in [2.05, 4.69) is 5.32 Å². The molecule has 18 heavy (non-hydrogen) atoms. The van der Waals surface area contributed by atoms with Crippen molar-refractivity contribution < 1.29 is 19.1 Å². The van der Waals surface area contributed by atoms with E-state index in [4.69, 9.17) is 9.47 Å². The summed E-state index contributed by atoms with van der Waals surface area (Å²) in [6.07, 6.45) is 0.772. The number of nitrogens with one attached hydrogen (secondary N) is 1. The highest BCUT2D eigenvalue weighted by Gasteiger charge is 2.20. The molecule has 5 nitrogen and oxygen atoms in total. The topological polar surface area (TPSA) is 64.6 Å². The third-order valence-corrected chi connectivity index (χ3v) is 2.39. The summed E-state index contributed by atoms with van der Waals surface area (Å²) in [6.45, 7) is 2.38. The zero-order valence-corrected chi connectivity index (χ0v) is 10.8. The number of carbonyl (C=O) groups is 2. The van der Waals surface area contributed by atoms with E-state index in [-0.39, 0.29) is 5.56 Å². The number of Topliss-reactive ketones (excluding diaryl/α,β-unsaturated/α-hetero) is 1. The second kappa shape index (κ2) is 6.64. The van der Waals surface area contributed by atoms with Gasteiger partial charge in [-0.05, 0) is 24.6 Å². The van der Waals surface area contributed by atoms with Crippen molar-refractivity contribution in [3.63, 3.8) is 0 Å². The van der Waals surface area contributed by atoms with Gasteiger partial charge in [-0.1, -0.05) is 6.92 Å². The van der Waals surface area contributed by atoms with Crippen molar-refractivity contribution in [3.05, 3.63) is 23.8 Å². The first-order valence-corrected chi connectivity index (χ1v) is 5.68. The van der Waals surface area contributed by atoms with Gasteiger partial charge in [0.05, 0.1) is 19.8 Å². The van der Waals surface area contributed by atoms with E-state index in [0.29, 0.717) is 18.0 Å². The molecule has 0 aliphatic rings. The molecule has 0 heterocycles. The average Bonchev–Trinajstić information content (AvgIpc) is 2.43. The van der Waals surface area contributed by atoms with Crippen LogP contribution in [0.4, 0.5) is 0 Å². The van der Waals surface area contributed by atoms with Crippen molar-refractivity contribution in [1.82, 2.24) is 5.32 Å². The Labute approximate surface area is 106 Å². The normalized spacial score (nSPS) is 9.72. The summed E-state index contributed by atoms with van der Waals surface area (Å²) in [5.74, 6) is -0.405. The summed E-state index contributed by atoms with van der Waals surface area (Å²) in [6, 6.07) is 4.76. The Kier molecular flexibility index (Phi) is 5.17. The zero-order chi connectivity index (χ0) is 13.5. The molecular weight excluding hydrogens is 234 g/mol. The van der Waals surface area contributed by atoms with Gasteiger partial charge in [-0.3, -0.25) is 9.59 Å². The lowest BCUT2D eigenvalue weighted by molar-refractivity contribution is -0.117. The van der Waals surface area contributed by atoms with Gasteiger partial charge in [0.25, 0.3) is 11.7 Å². The lowest BCUT2D eigenvalue weighted by Gasteiger charge is -2.09. The van der Waals surface area contributed by atoms with Crippen LogP contribution in [0.5, 0.6) is 11.5 Å². The second-order valence-corrected chi connectivity index (χ2v) is 3.65. The predicted octanol–water partition coefficient (Wildman–Crippen LogP) is 1.41. The van der Waals surface area contributed by atoms with Gasteiger partial charge < -0.3 is 14.8 Å². The number of hydrogen-bond acceptors (Lipinski definition) is 4. The third-order valence-electron chi connectivity index (χ3n) is 2.39. The van der Waals surface area contributed by atoms with Crippen LogP contribution in [0, 0.1) is 0 Å². The first kappa shape index (κ1) is 14.0. The summed E-state index contributed by atoms with van der Waals surface area (Å²) in [4.78, 5) is 23.6. The molecular formula is C13H17NO4. The van der Waals surface area contributed by atoms with Crippen molar-refractivity contribution in [2.45, 2.75) is 13.3 Å². The summed E-state index contributed by atoms with van der Waals surface area (Å²) in [5.41, 5.74) is 0.199. The molecule has 1 amide bonds. The van der Waals surface area contributed by atoms with Crippen molar-refractivity contribution in [2.24, 2.45) is 0 Å². The van der Waals surface area contributed by atoms with Gasteiger partial charge in [0.1, 0.15) is 11.5 Å². The fourth-order valence-corrected chi connectivity index (χ4v) is 1.43. The van der Waals surface area contributed by atoms with E-state index in [0.717, 1.165) is 6.42 Å². The largest absolute Gasteiger partial charge is 0.497 e. The zero-order valence-electron chi connectivity index (χ0n) is 10.8. The van der Waals surface area contributed by atoms with E-state index < -0.39 is 11.7 Å². The van der Waals surface area contributed by atoms with Crippen LogP contribution in [0.25, 0.3) is 0 Å². The number of carbonyl (C=O) groups excluding carboxylic acids is 2. The molecule has 1 N–H and O–H groups in total. The Balaban J connectivity index is 2.99. The second-order valence-electron chi connectivity index (χ2n) is 3.65. The molecule has 1 aromatic rings. The van der Waals surface area contributed by atoms with Crippen molar-refractivity contribution in [1.29, 1.82) is 0 Å². The van der Waals surface area contributed by atoms with Crippen LogP contribution in [-0.2, 0) is 4.79 Å². The summed E-state index contributed by atoms with van der Waals surface area (Å²) < 4.78 is 10.1. The average molecular weight is 251 g/mol. The van der Waals surface area contributed by atoms with Crippen LogP contribution in [0.2, 0.25) is 0 Å². The summed E-state index contributed by atoms with van der Waals surface area (Å²) in [5, 5.41) is 2.53. The van der Waals surface area contributed by atoms with Gasteiger partial charge in [0.15, 0.2) is 0 Å². The molecule has 98 valence electrons. The first-order valence-electron chi connectivity index (χ1n) is 5.68. The fraction of sp³-hybridized carbons (Fsp3) is 0.385. The van der Waals surface area contributed by atoms with Crippen LogP contribution in [0.15, 0.2) is 18.2 Å². The standard InChI is InChI=1S/C13H17NO4/c1-4-7-14-13(16)12(15)10-8-9(17-2)5-6-11(10)18-3/h5-6,8H,4,7H2,1-3H3,(H,14,16). The highest BCUT2D eigenvalue weighted by molar-refractivity contribution is 6.43. The Morgan fingerprint density at radius 3 is 2.50 bits per heavy atom. The third kappa shape index (κ3) is 3.23. The van der Waals surface area contributed by atoms with E-state index >= 15 is 0 Å². The molecule has 0 unspecified atom stereocenters. The number of ketones is 1. The van der Waals surface area contributed by atoms with E-state index in [1.165, 1.54) is 20.3 Å². The maximum absolute atomic E-state index is 12.0. The number of rotatable bonds is 6. The van der Waals surface area contributed by atoms with Crippen LogP contribution >= 0.6 is 0 Å². The number of benzene rings is 1. The molecule has 0 saturated carbocycles. The van der Waals surface area contributed by atoms with Crippen molar-refractivity contribution >= 4 is 11.7 Å². The van der Waals surface area contributed by atoms with Crippen LogP contribution in [0.1, 0.15) is 23.7 Å². The number of ether oxygens (including phenoxy) is 2. The van der Waals surface area contributed by atoms with E-state index in [1.807, 2.05) is 6.92 Å². The Hall–Kier alpha value is -2.04. The molecule has 1 rings (SSSR count). The van der Waals surface area contributed by atoms with Crippen LogP contribution < -0.4 is 14.8 Å². The Morgan fingerprint density at radius 2 is 1.94 bits per heavy atom. The molecule has 0 spiro atoms. The SMILES string of the molecule is CCCNC(=O)C(=O)c1cc(OC)ccc1OC. The van der Waals surface area contributed by atoms with Gasteiger partial charge in [-0.15, -0.1) is 0 Å². The molecule has 0 atom stereocenters. The van der Waals surface area contributed by atoms with Gasteiger partial charge in [0, 0.05) is 6.54 Å². The van der Waals surface area contributed by atoms with Gasteiger partial charge in [-0.2, -0.15) is 0 Å². The minimum atomic E-state index is -0.636. The molecule has 5 heteroatoms. The lowest BCUT2D eigenvalue weighted by atomic mass is 10.1. The van der Waals surface area contributed by atoms with Crippen molar-refractivity contribution in [3.8, 4) is 11.5 Å². The fourth-order valence-electron chi connectivity index (χ4n) is 1.43. The molecule has 0 saturated heterocycles. The molecule has 0 radical (unpaired) electrons. The minimum absolute atomic E-state index is 0.199. The lowest BCUT2D eigenvalue weighted by Crippen LogP contribution is -2.31. The predicted molar refractivity (Wildman–Crippen MR) is 67.2 cm³/mol. The Bertz CT molecular complexity index is 443. The monoisotopic (exact) mass is 251 g/mol. The van der Waals surface area contributed by atoms with Crippen molar-refractivity contribution in [2.75, 3.05) is 20.8 Å². The molecule has 0 aliphatic carbocycles. The van der Waals surface area contributed by atoms with Crippen LogP contribution in [0.3, 0.4) is 0 Å². The number of amides is 1.